The molecule has 0 spiro atoms. The minimum atomic E-state index is -0.857. The minimum Gasteiger partial charge on any atom is -0.481 e. The Hall–Kier alpha value is -1.79. The molecule has 1 aliphatic rings. The molecule has 0 aromatic carbocycles. The van der Waals surface area contributed by atoms with Gasteiger partial charge in [-0.15, -0.1) is 0 Å². The van der Waals surface area contributed by atoms with Crippen LogP contribution in [0.4, 0.5) is 0 Å². The Kier molecular flexibility index (Phi) is 2.67. The van der Waals surface area contributed by atoms with Gasteiger partial charge in [0.25, 0.3) is 0 Å². The zero-order valence-electron chi connectivity index (χ0n) is 8.60. The van der Waals surface area contributed by atoms with E-state index in [0.29, 0.717) is 19.3 Å². The molecule has 3 N–H and O–H groups in total. The van der Waals surface area contributed by atoms with Gasteiger partial charge in [-0.3, -0.25) is 4.79 Å². The Morgan fingerprint density at radius 1 is 1.25 bits per heavy atom. The lowest BCUT2D eigenvalue weighted by Gasteiger charge is -2.25. The highest BCUT2D eigenvalue weighted by Crippen LogP contribution is 2.30. The lowest BCUT2D eigenvalue weighted by atomic mass is 9.86. The molecule has 1 aromatic rings. The molecule has 0 bridgehead atoms. The Morgan fingerprint density at radius 3 is 2.44 bits per heavy atom. The third-order valence-electron chi connectivity index (χ3n) is 3.07. The second kappa shape index (κ2) is 3.99. The van der Waals surface area contributed by atoms with E-state index in [1.165, 1.54) is 0 Å². The zero-order valence-corrected chi connectivity index (χ0v) is 8.60. The van der Waals surface area contributed by atoms with Crippen LogP contribution in [0.25, 0.3) is 0 Å². The average molecular weight is 227 g/mol. The molecule has 7 heteroatoms. The van der Waals surface area contributed by atoms with Gasteiger partial charge in [0.2, 0.25) is 0 Å². The van der Waals surface area contributed by atoms with Crippen molar-refractivity contribution >= 4 is 5.97 Å². The van der Waals surface area contributed by atoms with Gasteiger partial charge in [-0.2, -0.15) is 0 Å². The van der Waals surface area contributed by atoms with E-state index < -0.39 is 23.3 Å². The lowest BCUT2D eigenvalue weighted by Crippen LogP contribution is -2.35. The lowest BCUT2D eigenvalue weighted by molar-refractivity contribution is -0.143. The summed E-state index contributed by atoms with van der Waals surface area (Å²) in [7, 11) is 0. The Bertz CT molecular complexity index is 470. The van der Waals surface area contributed by atoms with Crippen LogP contribution in [0.3, 0.4) is 0 Å². The van der Waals surface area contributed by atoms with Crippen molar-refractivity contribution in [2.75, 3.05) is 0 Å². The van der Waals surface area contributed by atoms with Crippen molar-refractivity contribution in [1.29, 1.82) is 0 Å². The standard InChI is InChI=1S/C9H13N3O4/c13-7(14)5-2-1-3-6(4-5)12-8(15)10-11-9(12)16/h5-6H,1-4H2,(H,10,15)(H,11,16)(H,13,14). The first-order valence-corrected chi connectivity index (χ1v) is 5.21. The summed E-state index contributed by atoms with van der Waals surface area (Å²) in [5.41, 5.74) is -0.998. The number of carbonyl (C=O) groups is 1. The largest absolute Gasteiger partial charge is 0.481 e. The Labute approximate surface area is 90.1 Å². The predicted molar refractivity (Wildman–Crippen MR) is 54.3 cm³/mol. The summed E-state index contributed by atoms with van der Waals surface area (Å²) < 4.78 is 1.08. The Balaban J connectivity index is 2.26. The molecule has 1 fully saturated rings. The van der Waals surface area contributed by atoms with E-state index in [1.807, 2.05) is 0 Å². The number of aliphatic carboxylic acids is 1. The van der Waals surface area contributed by atoms with Crippen molar-refractivity contribution in [2.24, 2.45) is 5.92 Å². The van der Waals surface area contributed by atoms with Gasteiger partial charge in [0, 0.05) is 6.04 Å². The number of aromatic nitrogens is 3. The molecule has 0 saturated heterocycles. The summed E-state index contributed by atoms with van der Waals surface area (Å²) in [4.78, 5) is 33.5. The van der Waals surface area contributed by atoms with E-state index in [1.54, 1.807) is 0 Å². The van der Waals surface area contributed by atoms with Crippen molar-refractivity contribution in [3.63, 3.8) is 0 Å². The molecule has 1 heterocycles. The number of rotatable bonds is 2. The summed E-state index contributed by atoms with van der Waals surface area (Å²) in [6, 6.07) is -0.308. The number of nitrogens with zero attached hydrogens (tertiary/aromatic N) is 1. The smallest absolute Gasteiger partial charge is 0.344 e. The van der Waals surface area contributed by atoms with Gasteiger partial charge >= 0.3 is 17.3 Å². The normalized spacial score (nSPS) is 25.5. The van der Waals surface area contributed by atoms with Crippen molar-refractivity contribution in [2.45, 2.75) is 31.7 Å². The molecule has 16 heavy (non-hydrogen) atoms. The number of carboxylic acid groups (broad SMARTS) is 1. The predicted octanol–water partition coefficient (Wildman–Crippen LogP) is -0.319. The molecular formula is C9H13N3O4. The molecule has 7 nitrogen and oxygen atoms in total. The van der Waals surface area contributed by atoms with Crippen LogP contribution in [-0.4, -0.2) is 25.8 Å². The molecule has 2 atom stereocenters. The van der Waals surface area contributed by atoms with E-state index in [0.717, 1.165) is 11.0 Å². The van der Waals surface area contributed by atoms with Gasteiger partial charge in [0.1, 0.15) is 0 Å². The molecule has 1 saturated carbocycles. The van der Waals surface area contributed by atoms with Crippen LogP contribution in [0.2, 0.25) is 0 Å². The molecule has 88 valence electrons. The van der Waals surface area contributed by atoms with Crippen LogP contribution in [0.5, 0.6) is 0 Å². The minimum absolute atomic E-state index is 0.308. The maximum Gasteiger partial charge on any atom is 0.344 e. The van der Waals surface area contributed by atoms with E-state index >= 15 is 0 Å². The van der Waals surface area contributed by atoms with Crippen LogP contribution in [0.1, 0.15) is 31.7 Å². The zero-order chi connectivity index (χ0) is 11.7. The average Bonchev–Trinajstić information content (AvgIpc) is 2.59. The fraction of sp³-hybridized carbons (Fsp3) is 0.667. The molecule has 1 aliphatic carbocycles. The number of hydrogen-bond acceptors (Lipinski definition) is 3. The van der Waals surface area contributed by atoms with Gasteiger partial charge in [-0.05, 0) is 19.3 Å². The SMILES string of the molecule is O=C(O)C1CCCC(n2c(=O)[nH][nH]c2=O)C1. The second-order valence-electron chi connectivity index (χ2n) is 4.09. The molecule has 0 radical (unpaired) electrons. The van der Waals surface area contributed by atoms with Crippen molar-refractivity contribution in [3.05, 3.63) is 21.0 Å². The third-order valence-corrected chi connectivity index (χ3v) is 3.07. The van der Waals surface area contributed by atoms with Crippen LogP contribution < -0.4 is 11.4 Å². The topological polar surface area (TPSA) is 108 Å². The van der Waals surface area contributed by atoms with Crippen LogP contribution >= 0.6 is 0 Å². The number of hydrogen-bond donors (Lipinski definition) is 3. The molecule has 0 amide bonds. The van der Waals surface area contributed by atoms with Gasteiger partial charge in [0.05, 0.1) is 5.92 Å². The first kappa shape index (κ1) is 10.7. The molecule has 1 aromatic heterocycles. The molecule has 0 aliphatic heterocycles. The quantitative estimate of drug-likeness (QED) is 0.643. The highest BCUT2D eigenvalue weighted by molar-refractivity contribution is 5.70. The van der Waals surface area contributed by atoms with Crippen LogP contribution in [0.15, 0.2) is 9.59 Å². The third kappa shape index (κ3) is 1.80. The maximum absolute atomic E-state index is 11.3. The maximum atomic E-state index is 11.3. The van der Waals surface area contributed by atoms with Gasteiger partial charge < -0.3 is 5.11 Å². The summed E-state index contributed by atoms with van der Waals surface area (Å²) in [6.07, 6.45) is 2.35. The summed E-state index contributed by atoms with van der Waals surface area (Å²) in [5, 5.41) is 13.3. The highest BCUT2D eigenvalue weighted by atomic mass is 16.4. The van der Waals surface area contributed by atoms with E-state index in [-0.39, 0.29) is 6.04 Å². The van der Waals surface area contributed by atoms with E-state index in [4.69, 9.17) is 5.11 Å². The van der Waals surface area contributed by atoms with Gasteiger partial charge in [0.15, 0.2) is 0 Å². The van der Waals surface area contributed by atoms with Gasteiger partial charge in [-0.25, -0.2) is 24.4 Å². The number of nitrogens with one attached hydrogen (secondary N) is 2. The number of aromatic amines is 2. The Morgan fingerprint density at radius 2 is 1.88 bits per heavy atom. The molecule has 2 rings (SSSR count). The monoisotopic (exact) mass is 227 g/mol. The fourth-order valence-corrected chi connectivity index (χ4v) is 2.27. The summed E-state index contributed by atoms with van der Waals surface area (Å²) in [6.45, 7) is 0. The van der Waals surface area contributed by atoms with Crippen LogP contribution in [-0.2, 0) is 4.79 Å². The van der Waals surface area contributed by atoms with E-state index in [9.17, 15) is 14.4 Å². The summed E-state index contributed by atoms with van der Waals surface area (Å²) in [5.74, 6) is -1.32. The number of H-pyrrole nitrogens is 2. The summed E-state index contributed by atoms with van der Waals surface area (Å²) >= 11 is 0. The number of carboxylic acids is 1. The van der Waals surface area contributed by atoms with Crippen LogP contribution in [0, 0.1) is 5.92 Å². The first-order valence-electron chi connectivity index (χ1n) is 5.21. The second-order valence-corrected chi connectivity index (χ2v) is 4.09. The van der Waals surface area contributed by atoms with Gasteiger partial charge in [-0.1, -0.05) is 6.42 Å². The van der Waals surface area contributed by atoms with Crippen molar-refractivity contribution in [1.82, 2.24) is 14.8 Å². The molecular weight excluding hydrogens is 214 g/mol. The first-order chi connectivity index (χ1) is 7.59. The molecule has 2 unspecified atom stereocenters. The highest BCUT2D eigenvalue weighted by Gasteiger charge is 2.29. The van der Waals surface area contributed by atoms with Crippen molar-refractivity contribution < 1.29 is 9.90 Å². The van der Waals surface area contributed by atoms with E-state index in [2.05, 4.69) is 10.2 Å². The van der Waals surface area contributed by atoms with Crippen molar-refractivity contribution in [3.8, 4) is 0 Å². The fourth-order valence-electron chi connectivity index (χ4n) is 2.27.